The number of furan rings is 1. The first-order valence-corrected chi connectivity index (χ1v) is 10.2. The minimum Gasteiger partial charge on any atom is -0.484 e. The molecule has 2 aromatic rings. The number of benzene rings is 1. The first-order valence-electron chi connectivity index (χ1n) is 9.44. The highest BCUT2D eigenvalue weighted by atomic mass is 79.9. The summed E-state index contributed by atoms with van der Waals surface area (Å²) in [6.45, 7) is 1.27. The van der Waals surface area contributed by atoms with Crippen LogP contribution in [0.5, 0.6) is 5.75 Å². The fraction of sp³-hybridized carbons (Fsp3) is 0.476. The molecule has 1 N–H and O–H groups in total. The largest absolute Gasteiger partial charge is 0.484 e. The Hall–Kier alpha value is -1.79. The van der Waals surface area contributed by atoms with E-state index in [1.54, 1.807) is 12.1 Å². The molecule has 1 aromatic heterocycles. The number of carbonyl (C=O) groups excluding carboxylic acids is 1. The summed E-state index contributed by atoms with van der Waals surface area (Å²) in [5.41, 5.74) is 0. The zero-order chi connectivity index (χ0) is 19.2. The molecule has 1 saturated carbocycles. The summed E-state index contributed by atoms with van der Waals surface area (Å²) in [6.07, 6.45) is 4.59. The van der Waals surface area contributed by atoms with Crippen LogP contribution in [0.15, 0.2) is 45.3 Å². The molecule has 5 nitrogen and oxygen atoms in total. The molecule has 27 heavy (non-hydrogen) atoms. The van der Waals surface area contributed by atoms with Crippen molar-refractivity contribution in [1.82, 2.24) is 10.2 Å². The summed E-state index contributed by atoms with van der Waals surface area (Å²) in [5.74, 6) is 2.07. The van der Waals surface area contributed by atoms with Crippen LogP contribution in [-0.2, 0) is 6.61 Å². The fourth-order valence-electron chi connectivity index (χ4n) is 3.61. The topological polar surface area (TPSA) is 54.7 Å². The summed E-state index contributed by atoms with van der Waals surface area (Å²) >= 11 is 3.45. The third-order valence-electron chi connectivity index (χ3n) is 4.92. The van der Waals surface area contributed by atoms with Crippen molar-refractivity contribution in [3.63, 3.8) is 0 Å². The summed E-state index contributed by atoms with van der Waals surface area (Å²) < 4.78 is 12.3. The SMILES string of the molecule is CN(C)CC1CCCCC1NC(=O)c1ccc(COc2ccccc2Br)o1. The second-order valence-corrected chi connectivity index (χ2v) is 8.23. The van der Waals surface area contributed by atoms with Gasteiger partial charge in [-0.05, 0) is 73.1 Å². The molecule has 2 atom stereocenters. The highest BCUT2D eigenvalue weighted by molar-refractivity contribution is 9.10. The maximum atomic E-state index is 12.6. The average Bonchev–Trinajstić information content (AvgIpc) is 3.11. The standard InChI is InChI=1S/C21H27BrN2O3/c1-24(2)13-15-7-3-5-9-18(15)23-21(25)20-12-11-16(27-20)14-26-19-10-6-4-8-17(19)22/h4,6,8,10-12,15,18H,3,5,7,9,13-14H2,1-2H3,(H,23,25). The van der Waals surface area contributed by atoms with E-state index in [0.717, 1.165) is 36.0 Å². The number of ether oxygens (including phenoxy) is 1. The van der Waals surface area contributed by atoms with Crippen LogP contribution in [-0.4, -0.2) is 37.5 Å². The number of nitrogens with one attached hydrogen (secondary N) is 1. The quantitative estimate of drug-likeness (QED) is 0.697. The van der Waals surface area contributed by atoms with Crippen molar-refractivity contribution in [3.05, 3.63) is 52.4 Å². The molecule has 1 amide bonds. The van der Waals surface area contributed by atoms with Crippen LogP contribution in [0.2, 0.25) is 0 Å². The van der Waals surface area contributed by atoms with Crippen molar-refractivity contribution in [2.24, 2.45) is 5.92 Å². The number of hydrogen-bond donors (Lipinski definition) is 1. The van der Waals surface area contributed by atoms with Crippen LogP contribution in [0.25, 0.3) is 0 Å². The van der Waals surface area contributed by atoms with Crippen molar-refractivity contribution in [3.8, 4) is 5.75 Å². The van der Waals surface area contributed by atoms with Crippen LogP contribution in [0, 0.1) is 5.92 Å². The molecule has 1 aliphatic rings. The van der Waals surface area contributed by atoms with Gasteiger partial charge in [-0.15, -0.1) is 0 Å². The Morgan fingerprint density at radius 1 is 1.22 bits per heavy atom. The normalized spacial score (nSPS) is 19.9. The molecule has 1 aromatic carbocycles. The van der Waals surface area contributed by atoms with Crippen molar-refractivity contribution < 1.29 is 13.9 Å². The number of para-hydroxylation sites is 1. The molecule has 1 fully saturated rings. The predicted molar refractivity (Wildman–Crippen MR) is 109 cm³/mol. The van der Waals surface area contributed by atoms with Gasteiger partial charge in [0.2, 0.25) is 0 Å². The van der Waals surface area contributed by atoms with Gasteiger partial charge >= 0.3 is 0 Å². The van der Waals surface area contributed by atoms with Gasteiger partial charge < -0.3 is 19.4 Å². The highest BCUT2D eigenvalue weighted by Crippen LogP contribution is 2.26. The van der Waals surface area contributed by atoms with Crippen molar-refractivity contribution >= 4 is 21.8 Å². The Kier molecular flexibility index (Phi) is 6.96. The molecule has 0 saturated heterocycles. The number of halogens is 1. The van der Waals surface area contributed by atoms with Crippen molar-refractivity contribution in [2.75, 3.05) is 20.6 Å². The maximum absolute atomic E-state index is 12.6. The Morgan fingerprint density at radius 2 is 2.00 bits per heavy atom. The molecule has 146 valence electrons. The second-order valence-electron chi connectivity index (χ2n) is 7.37. The Morgan fingerprint density at radius 3 is 2.78 bits per heavy atom. The molecule has 0 bridgehead atoms. The lowest BCUT2D eigenvalue weighted by Gasteiger charge is -2.33. The molecule has 0 spiro atoms. The number of nitrogens with zero attached hydrogens (tertiary/aromatic N) is 1. The summed E-state index contributed by atoms with van der Waals surface area (Å²) in [5, 5.41) is 3.18. The molecular weight excluding hydrogens is 408 g/mol. The second kappa shape index (κ2) is 9.42. The predicted octanol–water partition coefficient (Wildman–Crippen LogP) is 4.47. The lowest BCUT2D eigenvalue weighted by molar-refractivity contribution is 0.0863. The van der Waals surface area contributed by atoms with Crippen molar-refractivity contribution in [2.45, 2.75) is 38.3 Å². The zero-order valence-corrected chi connectivity index (χ0v) is 17.5. The van der Waals surface area contributed by atoms with Gasteiger partial charge in [0.05, 0.1) is 4.47 Å². The third-order valence-corrected chi connectivity index (χ3v) is 5.57. The number of carbonyl (C=O) groups is 1. The van der Waals surface area contributed by atoms with Gasteiger partial charge in [-0.1, -0.05) is 25.0 Å². The number of rotatable bonds is 7. The molecular formula is C21H27BrN2O3. The molecule has 3 rings (SSSR count). The molecule has 2 unspecified atom stereocenters. The Balaban J connectivity index is 1.57. The van der Waals surface area contributed by atoms with Crippen LogP contribution in [0.1, 0.15) is 42.0 Å². The first kappa shape index (κ1) is 20.0. The van der Waals surface area contributed by atoms with Crippen LogP contribution in [0.4, 0.5) is 0 Å². The van der Waals surface area contributed by atoms with Gasteiger partial charge in [-0.3, -0.25) is 4.79 Å². The molecule has 0 radical (unpaired) electrons. The summed E-state index contributed by atoms with van der Waals surface area (Å²) in [4.78, 5) is 14.8. The Labute approximate surface area is 169 Å². The first-order chi connectivity index (χ1) is 13.0. The number of hydrogen-bond acceptors (Lipinski definition) is 4. The molecule has 0 aliphatic heterocycles. The average molecular weight is 435 g/mol. The van der Waals surface area contributed by atoms with Gasteiger partial charge in [0.15, 0.2) is 5.76 Å². The zero-order valence-electron chi connectivity index (χ0n) is 15.9. The van der Waals surface area contributed by atoms with E-state index in [4.69, 9.17) is 9.15 Å². The van der Waals surface area contributed by atoms with E-state index in [-0.39, 0.29) is 18.6 Å². The monoisotopic (exact) mass is 434 g/mol. The van der Waals surface area contributed by atoms with Crippen LogP contribution < -0.4 is 10.1 Å². The van der Waals surface area contributed by atoms with E-state index >= 15 is 0 Å². The molecule has 1 aliphatic carbocycles. The van der Waals surface area contributed by atoms with Crippen LogP contribution in [0.3, 0.4) is 0 Å². The van der Waals surface area contributed by atoms with Gasteiger partial charge in [-0.25, -0.2) is 0 Å². The summed E-state index contributed by atoms with van der Waals surface area (Å²) in [7, 11) is 4.16. The third kappa shape index (κ3) is 5.59. The lowest BCUT2D eigenvalue weighted by Crippen LogP contribution is -2.45. The minimum atomic E-state index is -0.141. The smallest absolute Gasteiger partial charge is 0.287 e. The lowest BCUT2D eigenvalue weighted by atomic mass is 9.84. The van der Waals surface area contributed by atoms with Gasteiger partial charge in [-0.2, -0.15) is 0 Å². The van der Waals surface area contributed by atoms with Crippen molar-refractivity contribution in [1.29, 1.82) is 0 Å². The highest BCUT2D eigenvalue weighted by Gasteiger charge is 2.28. The van der Waals surface area contributed by atoms with E-state index in [0.29, 0.717) is 17.4 Å². The van der Waals surface area contributed by atoms with Gasteiger partial charge in [0.25, 0.3) is 5.91 Å². The fourth-order valence-corrected chi connectivity index (χ4v) is 4.01. The van der Waals surface area contributed by atoms with E-state index in [9.17, 15) is 4.79 Å². The minimum absolute atomic E-state index is 0.141. The summed E-state index contributed by atoms with van der Waals surface area (Å²) in [6, 6.07) is 11.4. The maximum Gasteiger partial charge on any atom is 0.287 e. The Bertz CT molecular complexity index is 759. The van der Waals surface area contributed by atoms with E-state index in [1.165, 1.54) is 6.42 Å². The van der Waals surface area contributed by atoms with E-state index < -0.39 is 0 Å². The van der Waals surface area contributed by atoms with Gasteiger partial charge in [0, 0.05) is 12.6 Å². The molecule has 1 heterocycles. The van der Waals surface area contributed by atoms with Crippen LogP contribution >= 0.6 is 15.9 Å². The van der Waals surface area contributed by atoms with E-state index in [2.05, 4.69) is 40.2 Å². The van der Waals surface area contributed by atoms with Gasteiger partial charge in [0.1, 0.15) is 18.1 Å². The van der Waals surface area contributed by atoms with E-state index in [1.807, 2.05) is 24.3 Å². The molecule has 6 heteroatoms. The number of amides is 1.